The maximum Gasteiger partial charge on any atom is 0.305 e. The molecule has 0 aromatic heterocycles. The Morgan fingerprint density at radius 1 is 1.19 bits per heavy atom. The van der Waals surface area contributed by atoms with E-state index in [-0.39, 0.29) is 30.8 Å². The normalized spacial score (nSPS) is 23.1. The summed E-state index contributed by atoms with van der Waals surface area (Å²) in [5.74, 6) is -1.35. The fraction of sp³-hybridized carbons (Fsp3) is 0.550. The van der Waals surface area contributed by atoms with Crippen molar-refractivity contribution in [2.24, 2.45) is 5.92 Å². The van der Waals surface area contributed by atoms with Gasteiger partial charge < -0.3 is 19.6 Å². The van der Waals surface area contributed by atoms with Gasteiger partial charge in [0.05, 0.1) is 31.6 Å². The van der Waals surface area contributed by atoms with Crippen molar-refractivity contribution >= 4 is 17.8 Å². The van der Waals surface area contributed by atoms with Gasteiger partial charge in [0.2, 0.25) is 5.91 Å². The number of rotatable bonds is 4. The zero-order valence-electron chi connectivity index (χ0n) is 15.6. The van der Waals surface area contributed by atoms with Crippen LogP contribution in [0, 0.1) is 12.8 Å². The zero-order valence-corrected chi connectivity index (χ0v) is 15.6. The van der Waals surface area contributed by atoms with Crippen LogP contribution < -0.4 is 0 Å². The average Bonchev–Trinajstić information content (AvgIpc) is 2.67. The van der Waals surface area contributed by atoms with Gasteiger partial charge in [-0.3, -0.25) is 14.4 Å². The average molecular weight is 374 g/mol. The predicted octanol–water partition coefficient (Wildman–Crippen LogP) is 1.55. The second-order valence-corrected chi connectivity index (χ2v) is 7.31. The summed E-state index contributed by atoms with van der Waals surface area (Å²) in [6, 6.07) is 7.00. The molecule has 2 saturated heterocycles. The van der Waals surface area contributed by atoms with Crippen LogP contribution in [0.5, 0.6) is 0 Å². The minimum atomic E-state index is -0.942. The van der Waals surface area contributed by atoms with Crippen molar-refractivity contribution in [2.75, 3.05) is 32.8 Å². The number of carboxylic acid groups (broad SMARTS) is 1. The number of ether oxygens (including phenoxy) is 1. The number of carbonyl (C=O) groups is 3. The molecule has 7 nitrogen and oxygen atoms in total. The highest BCUT2D eigenvalue weighted by Crippen LogP contribution is 2.23. The molecule has 7 heteroatoms. The lowest BCUT2D eigenvalue weighted by Crippen LogP contribution is -2.54. The molecule has 3 rings (SSSR count). The highest BCUT2D eigenvalue weighted by Gasteiger charge is 2.36. The third-order valence-electron chi connectivity index (χ3n) is 5.28. The van der Waals surface area contributed by atoms with Gasteiger partial charge in [0.1, 0.15) is 0 Å². The minimum Gasteiger partial charge on any atom is -0.481 e. The van der Waals surface area contributed by atoms with Crippen LogP contribution >= 0.6 is 0 Å². The Morgan fingerprint density at radius 3 is 2.63 bits per heavy atom. The van der Waals surface area contributed by atoms with Crippen LogP contribution in [0.1, 0.15) is 35.2 Å². The number of hydrogen-bond acceptors (Lipinski definition) is 4. The molecule has 2 unspecified atom stereocenters. The summed E-state index contributed by atoms with van der Waals surface area (Å²) in [6.07, 6.45) is 1.36. The lowest BCUT2D eigenvalue weighted by Gasteiger charge is -2.39. The highest BCUT2D eigenvalue weighted by molar-refractivity contribution is 5.94. The molecule has 2 heterocycles. The van der Waals surface area contributed by atoms with E-state index in [0.717, 1.165) is 12.0 Å². The van der Waals surface area contributed by atoms with Crippen LogP contribution in [0.15, 0.2) is 24.3 Å². The number of piperidine rings is 1. The molecule has 2 atom stereocenters. The van der Waals surface area contributed by atoms with Crippen molar-refractivity contribution in [2.45, 2.75) is 32.2 Å². The third kappa shape index (κ3) is 4.66. The van der Waals surface area contributed by atoms with Gasteiger partial charge in [0.15, 0.2) is 0 Å². The maximum atomic E-state index is 13.0. The summed E-state index contributed by atoms with van der Waals surface area (Å²) in [4.78, 5) is 40.3. The van der Waals surface area contributed by atoms with Crippen LogP contribution in [0.2, 0.25) is 0 Å². The van der Waals surface area contributed by atoms with E-state index >= 15 is 0 Å². The van der Waals surface area contributed by atoms with Gasteiger partial charge in [-0.1, -0.05) is 17.7 Å². The number of hydrogen-bond donors (Lipinski definition) is 1. The maximum absolute atomic E-state index is 13.0. The lowest BCUT2D eigenvalue weighted by molar-refractivity contribution is -0.150. The van der Waals surface area contributed by atoms with Crippen LogP contribution in [0.3, 0.4) is 0 Å². The van der Waals surface area contributed by atoms with Gasteiger partial charge in [-0.05, 0) is 31.9 Å². The summed E-state index contributed by atoms with van der Waals surface area (Å²) < 4.78 is 5.36. The van der Waals surface area contributed by atoms with Crippen LogP contribution in [-0.4, -0.2) is 71.6 Å². The van der Waals surface area contributed by atoms with Gasteiger partial charge >= 0.3 is 5.97 Å². The van der Waals surface area contributed by atoms with E-state index in [1.165, 1.54) is 0 Å². The second kappa shape index (κ2) is 8.52. The van der Waals surface area contributed by atoms with Crippen LogP contribution in [0.4, 0.5) is 0 Å². The molecule has 1 aromatic rings. The topological polar surface area (TPSA) is 87.2 Å². The van der Waals surface area contributed by atoms with Gasteiger partial charge in [-0.15, -0.1) is 0 Å². The van der Waals surface area contributed by atoms with Crippen molar-refractivity contribution in [1.29, 1.82) is 0 Å². The molecule has 0 saturated carbocycles. The lowest BCUT2D eigenvalue weighted by atomic mass is 9.94. The number of morpholine rings is 1. The predicted molar refractivity (Wildman–Crippen MR) is 98.4 cm³/mol. The number of aryl methyl sites for hydroxylation is 1. The fourth-order valence-electron chi connectivity index (χ4n) is 3.79. The molecule has 1 aromatic carbocycles. The van der Waals surface area contributed by atoms with E-state index in [9.17, 15) is 14.4 Å². The number of nitrogens with zero attached hydrogens (tertiary/aromatic N) is 2. The molecular weight excluding hydrogens is 348 g/mol. The van der Waals surface area contributed by atoms with Crippen molar-refractivity contribution in [3.8, 4) is 0 Å². The monoisotopic (exact) mass is 374 g/mol. The number of carboxylic acids is 1. The van der Waals surface area contributed by atoms with Crippen molar-refractivity contribution < 1.29 is 24.2 Å². The van der Waals surface area contributed by atoms with Gasteiger partial charge in [0, 0.05) is 25.2 Å². The first-order valence-electron chi connectivity index (χ1n) is 9.41. The summed E-state index contributed by atoms with van der Waals surface area (Å²) in [5, 5.41) is 9.09. The summed E-state index contributed by atoms with van der Waals surface area (Å²) >= 11 is 0. The smallest absolute Gasteiger partial charge is 0.305 e. The third-order valence-corrected chi connectivity index (χ3v) is 5.28. The first-order chi connectivity index (χ1) is 13.0. The molecule has 1 N–H and O–H groups in total. The molecule has 2 aliphatic rings. The van der Waals surface area contributed by atoms with Crippen molar-refractivity contribution in [3.05, 3.63) is 35.4 Å². The van der Waals surface area contributed by atoms with Gasteiger partial charge in [-0.25, -0.2) is 0 Å². The first kappa shape index (κ1) is 19.4. The largest absolute Gasteiger partial charge is 0.481 e. The standard InChI is InChI=1S/C20H26N2O5/c1-14-4-6-15(7-5-14)19(25)21-8-2-3-16(12-21)20(26)22-9-10-27-13-17(22)11-18(23)24/h4-7,16-17H,2-3,8-13H2,1H3,(H,23,24). The molecule has 146 valence electrons. The second-order valence-electron chi connectivity index (χ2n) is 7.31. The van der Waals surface area contributed by atoms with E-state index in [4.69, 9.17) is 9.84 Å². The molecule has 0 aliphatic carbocycles. The highest BCUT2D eigenvalue weighted by atomic mass is 16.5. The van der Waals surface area contributed by atoms with E-state index < -0.39 is 12.0 Å². The summed E-state index contributed by atoms with van der Waals surface area (Å²) in [7, 11) is 0. The Hall–Kier alpha value is -2.41. The van der Waals surface area contributed by atoms with Crippen molar-refractivity contribution in [1.82, 2.24) is 9.80 Å². The minimum absolute atomic E-state index is 0.0587. The Balaban J connectivity index is 1.67. The molecule has 27 heavy (non-hydrogen) atoms. The van der Waals surface area contributed by atoms with Gasteiger partial charge in [0.25, 0.3) is 5.91 Å². The van der Waals surface area contributed by atoms with Crippen molar-refractivity contribution in [3.63, 3.8) is 0 Å². The summed E-state index contributed by atoms with van der Waals surface area (Å²) in [5.41, 5.74) is 1.72. The Kier molecular flexibility index (Phi) is 6.11. The Labute approximate surface area is 158 Å². The van der Waals surface area contributed by atoms with E-state index in [0.29, 0.717) is 38.2 Å². The molecule has 0 spiro atoms. The number of benzene rings is 1. The number of carbonyl (C=O) groups excluding carboxylic acids is 2. The zero-order chi connectivity index (χ0) is 19.4. The van der Waals surface area contributed by atoms with E-state index in [2.05, 4.69) is 0 Å². The molecule has 0 radical (unpaired) electrons. The molecule has 0 bridgehead atoms. The molecule has 2 amide bonds. The SMILES string of the molecule is Cc1ccc(C(=O)N2CCCC(C(=O)N3CCOCC3CC(=O)O)C2)cc1. The molecule has 2 aliphatic heterocycles. The number of likely N-dealkylation sites (tertiary alicyclic amines) is 1. The Bertz CT molecular complexity index is 703. The molecular formula is C20H26N2O5. The number of aliphatic carboxylic acids is 1. The summed E-state index contributed by atoms with van der Waals surface area (Å²) in [6.45, 7) is 4.05. The molecule has 2 fully saturated rings. The number of amides is 2. The first-order valence-corrected chi connectivity index (χ1v) is 9.41. The van der Waals surface area contributed by atoms with E-state index in [1.807, 2.05) is 31.2 Å². The van der Waals surface area contributed by atoms with E-state index in [1.54, 1.807) is 9.80 Å². The quantitative estimate of drug-likeness (QED) is 0.864. The van der Waals surface area contributed by atoms with Gasteiger partial charge in [-0.2, -0.15) is 0 Å². The van der Waals surface area contributed by atoms with Crippen LogP contribution in [-0.2, 0) is 14.3 Å². The Morgan fingerprint density at radius 2 is 1.93 bits per heavy atom. The van der Waals surface area contributed by atoms with Crippen LogP contribution in [0.25, 0.3) is 0 Å². The fourth-order valence-corrected chi connectivity index (χ4v) is 3.79.